The molecule has 0 aromatic carbocycles. The number of carbonyl (C=O) groups excluding carboxylic acids is 1. The molecular formula is C20H24BrNO7S2. The van der Waals surface area contributed by atoms with Gasteiger partial charge in [-0.2, -0.15) is 0 Å². The Balaban J connectivity index is 0.000000504. The standard InChI is InChI=1S/C19H22NO4S2.CH2O3.BrH/c1-20(2)12-9-11(10-13(20)17-16(12)24-17)23-18(21)19(22,14-5-3-7-25-14)15-6-4-8-26-15;2-1(3)4;/h3-8,11-13,16-17,22H,9-10H2,1-2H3;(H2,2,3,4);1H/q+1;;/p-1/t11?,12-,13+,16-,17+;;. The second-order valence-corrected chi connectivity index (χ2v) is 10.2. The van der Waals surface area contributed by atoms with Crippen LogP contribution in [0.15, 0.2) is 35.0 Å². The number of halogens is 1. The molecule has 3 aliphatic rings. The fraction of sp³-hybridized carbons (Fsp3) is 0.500. The Bertz CT molecular complexity index is 860. The minimum Gasteiger partial charge on any atom is -0.565 e. The number of carboxylic acid groups (broad SMARTS) is 2. The number of esters is 1. The van der Waals surface area contributed by atoms with Gasteiger partial charge in [0.2, 0.25) is 11.8 Å². The summed E-state index contributed by atoms with van der Waals surface area (Å²) in [6.45, 7) is 0. The topological polar surface area (TPSA) is 119 Å². The molecule has 3 aliphatic heterocycles. The maximum absolute atomic E-state index is 13.1. The third-order valence-electron chi connectivity index (χ3n) is 6.36. The van der Waals surface area contributed by atoms with Crippen LogP contribution >= 0.6 is 39.7 Å². The van der Waals surface area contributed by atoms with Gasteiger partial charge >= 0.3 is 5.97 Å². The Morgan fingerprint density at radius 1 is 1.13 bits per heavy atom. The molecule has 2 bridgehead atoms. The highest BCUT2D eigenvalue weighted by Crippen LogP contribution is 2.52. The monoisotopic (exact) mass is 533 g/mol. The number of ether oxygens (including phenoxy) is 2. The lowest BCUT2D eigenvalue weighted by Crippen LogP contribution is -2.60. The third kappa shape index (κ3) is 4.27. The average Bonchev–Trinajstić information content (AvgIpc) is 3.02. The zero-order chi connectivity index (χ0) is 21.7. The van der Waals surface area contributed by atoms with Gasteiger partial charge in [-0.25, -0.2) is 4.79 Å². The highest BCUT2D eigenvalue weighted by molar-refractivity contribution is 8.93. The molecule has 0 radical (unpaired) electrons. The Labute approximate surface area is 198 Å². The first-order valence-corrected chi connectivity index (χ1v) is 11.3. The number of epoxide rings is 1. The molecule has 0 saturated carbocycles. The summed E-state index contributed by atoms with van der Waals surface area (Å²) < 4.78 is 12.6. The quantitative estimate of drug-likeness (QED) is 0.349. The molecule has 2 aromatic heterocycles. The van der Waals surface area contributed by atoms with Crippen molar-refractivity contribution in [3.05, 3.63) is 44.8 Å². The van der Waals surface area contributed by atoms with E-state index in [0.717, 1.165) is 17.3 Å². The van der Waals surface area contributed by atoms with Crippen molar-refractivity contribution in [3.8, 4) is 0 Å². The number of nitrogens with zero attached hydrogens (tertiary/aromatic N) is 1. The van der Waals surface area contributed by atoms with Crippen LogP contribution in [0.2, 0.25) is 0 Å². The molecule has 8 nitrogen and oxygen atoms in total. The molecule has 0 aliphatic carbocycles. The van der Waals surface area contributed by atoms with Crippen molar-refractivity contribution in [2.75, 3.05) is 14.1 Å². The molecule has 5 atom stereocenters. The van der Waals surface area contributed by atoms with E-state index >= 15 is 0 Å². The van der Waals surface area contributed by atoms with E-state index in [4.69, 9.17) is 24.5 Å². The van der Waals surface area contributed by atoms with Crippen LogP contribution in [0.1, 0.15) is 22.6 Å². The van der Waals surface area contributed by atoms with Crippen molar-refractivity contribution in [1.29, 1.82) is 0 Å². The molecule has 2 N–H and O–H groups in total. The molecule has 31 heavy (non-hydrogen) atoms. The maximum Gasteiger partial charge on any atom is 0.349 e. The van der Waals surface area contributed by atoms with Crippen molar-refractivity contribution >= 4 is 51.8 Å². The van der Waals surface area contributed by atoms with Gasteiger partial charge in [0.05, 0.1) is 23.8 Å². The number of aliphatic hydroxyl groups is 1. The molecule has 0 amide bonds. The normalized spacial score (nSPS) is 29.6. The number of morpholine rings is 1. The molecule has 1 unspecified atom stereocenters. The number of carbonyl (C=O) groups is 2. The van der Waals surface area contributed by atoms with Crippen molar-refractivity contribution in [1.82, 2.24) is 0 Å². The van der Waals surface area contributed by atoms with Crippen molar-refractivity contribution in [2.24, 2.45) is 0 Å². The number of hydrogen-bond acceptors (Lipinski definition) is 8. The van der Waals surface area contributed by atoms with Crippen LogP contribution in [0.4, 0.5) is 4.79 Å². The fourth-order valence-electron chi connectivity index (χ4n) is 4.83. The molecule has 3 saturated heterocycles. The zero-order valence-corrected chi connectivity index (χ0v) is 20.2. The van der Waals surface area contributed by atoms with Gasteiger partial charge in [0, 0.05) is 12.8 Å². The van der Waals surface area contributed by atoms with Gasteiger partial charge in [0.25, 0.3) is 0 Å². The van der Waals surface area contributed by atoms with E-state index in [1.807, 2.05) is 22.9 Å². The number of quaternary nitrogens is 1. The van der Waals surface area contributed by atoms with Gasteiger partial charge in [-0.1, -0.05) is 12.1 Å². The van der Waals surface area contributed by atoms with E-state index in [2.05, 4.69) is 14.1 Å². The van der Waals surface area contributed by atoms with Crippen LogP contribution in [0.5, 0.6) is 0 Å². The molecular weight excluding hydrogens is 510 g/mol. The highest BCUT2D eigenvalue weighted by Gasteiger charge is 2.71. The van der Waals surface area contributed by atoms with Crippen LogP contribution in [-0.4, -0.2) is 71.3 Å². The summed E-state index contributed by atoms with van der Waals surface area (Å²) in [5.74, 6) is -0.561. The van der Waals surface area contributed by atoms with Gasteiger partial charge in [-0.05, 0) is 22.9 Å². The van der Waals surface area contributed by atoms with E-state index in [9.17, 15) is 9.90 Å². The number of rotatable bonds is 4. The van der Waals surface area contributed by atoms with Crippen LogP contribution in [0.25, 0.3) is 0 Å². The van der Waals surface area contributed by atoms with Gasteiger partial charge < -0.3 is 34.1 Å². The molecule has 5 rings (SSSR count). The van der Waals surface area contributed by atoms with E-state index in [1.165, 1.54) is 22.7 Å². The number of thiophene rings is 2. The first-order chi connectivity index (χ1) is 14.2. The van der Waals surface area contributed by atoms with Crippen molar-refractivity contribution in [3.63, 3.8) is 0 Å². The lowest BCUT2D eigenvalue weighted by molar-refractivity contribution is -0.938. The van der Waals surface area contributed by atoms with Crippen molar-refractivity contribution < 1.29 is 38.9 Å². The molecule has 170 valence electrons. The summed E-state index contributed by atoms with van der Waals surface area (Å²) in [6.07, 6.45) is -0.0335. The van der Waals surface area contributed by atoms with E-state index < -0.39 is 17.7 Å². The summed E-state index contributed by atoms with van der Waals surface area (Å²) >= 11 is 2.74. The summed E-state index contributed by atoms with van der Waals surface area (Å²) in [4.78, 5) is 22.8. The largest absolute Gasteiger partial charge is 0.565 e. The Morgan fingerprint density at radius 3 is 1.97 bits per heavy atom. The van der Waals surface area contributed by atoms with Crippen LogP contribution < -0.4 is 5.11 Å². The minimum absolute atomic E-state index is 0. The van der Waals surface area contributed by atoms with Crippen LogP contribution in [-0.2, 0) is 19.9 Å². The molecule has 3 fully saturated rings. The van der Waals surface area contributed by atoms with Gasteiger partial charge in [0.1, 0.15) is 30.4 Å². The predicted molar refractivity (Wildman–Crippen MR) is 117 cm³/mol. The number of piperidine rings is 1. The molecule has 0 spiro atoms. The lowest BCUT2D eigenvalue weighted by atomic mass is 9.95. The maximum atomic E-state index is 13.1. The third-order valence-corrected chi connectivity index (χ3v) is 8.32. The van der Waals surface area contributed by atoms with Gasteiger partial charge in [-0.3, -0.25) is 0 Å². The summed E-state index contributed by atoms with van der Waals surface area (Å²) in [6, 6.07) is 8.01. The second-order valence-electron chi connectivity index (χ2n) is 8.26. The second kappa shape index (κ2) is 8.80. The number of fused-ring (bicyclic) bond motifs is 5. The smallest absolute Gasteiger partial charge is 0.349 e. The van der Waals surface area contributed by atoms with Crippen LogP contribution in [0.3, 0.4) is 0 Å². The first kappa shape index (κ1) is 24.1. The number of hydrogen-bond donors (Lipinski definition) is 2. The summed E-state index contributed by atoms with van der Waals surface area (Å²) in [7, 11) is 4.49. The Morgan fingerprint density at radius 2 is 1.58 bits per heavy atom. The van der Waals surface area contributed by atoms with Gasteiger partial charge in [0.15, 0.2) is 0 Å². The van der Waals surface area contributed by atoms with E-state index in [0.29, 0.717) is 34.0 Å². The fourth-order valence-corrected chi connectivity index (χ4v) is 6.54. The molecule has 2 aromatic rings. The van der Waals surface area contributed by atoms with Gasteiger partial charge in [-0.15, -0.1) is 39.7 Å². The zero-order valence-electron chi connectivity index (χ0n) is 16.9. The van der Waals surface area contributed by atoms with Crippen molar-refractivity contribution in [2.45, 2.75) is 48.8 Å². The molecule has 11 heteroatoms. The van der Waals surface area contributed by atoms with E-state index in [1.54, 1.807) is 12.1 Å². The Hall–Kier alpha value is -1.50. The first-order valence-electron chi connectivity index (χ1n) is 9.55. The summed E-state index contributed by atoms with van der Waals surface area (Å²) in [5, 5.41) is 30.4. The highest BCUT2D eigenvalue weighted by atomic mass is 79.9. The lowest BCUT2D eigenvalue weighted by Gasteiger charge is -2.45. The number of likely N-dealkylation sites (N-methyl/N-ethyl adjacent to an activating group) is 1. The predicted octanol–water partition coefficient (Wildman–Crippen LogP) is 1.81. The minimum atomic E-state index is -2.08. The molecule has 5 heterocycles. The average molecular weight is 534 g/mol. The van der Waals surface area contributed by atoms with Crippen LogP contribution in [0, 0.1) is 0 Å². The summed E-state index contributed by atoms with van der Waals surface area (Å²) in [5.41, 5.74) is -1.72. The Kier molecular flexibility index (Phi) is 6.85. The SMILES string of the molecule is Br.C[N+]1(C)[C@@H]2CC(OC(=O)C(O)(c3cccs3)c3cccs3)C[C@H]1[C@@H]1O[C@@H]12.O=C([O-])O. The van der Waals surface area contributed by atoms with E-state index in [-0.39, 0.29) is 23.1 Å².